The number of nitrogens with zero attached hydrogens (tertiary/aromatic N) is 4. The van der Waals surface area contributed by atoms with Gasteiger partial charge in [-0.3, -0.25) is 9.69 Å². The van der Waals surface area contributed by atoms with Crippen LogP contribution in [0.1, 0.15) is 38.5 Å². The van der Waals surface area contributed by atoms with Crippen LogP contribution in [0, 0.1) is 0 Å². The van der Waals surface area contributed by atoms with E-state index in [0.29, 0.717) is 28.2 Å². The Hall–Kier alpha value is -3.91. The number of anilines is 1. The highest BCUT2D eigenvalue weighted by Gasteiger charge is 2.34. The molecule has 1 atom stereocenters. The van der Waals surface area contributed by atoms with Gasteiger partial charge in [-0.25, -0.2) is 0 Å². The molecule has 0 spiro atoms. The first-order chi connectivity index (χ1) is 17.6. The van der Waals surface area contributed by atoms with Crippen molar-refractivity contribution in [2.45, 2.75) is 38.1 Å². The van der Waals surface area contributed by atoms with Crippen molar-refractivity contribution in [2.75, 3.05) is 10.7 Å². The summed E-state index contributed by atoms with van der Waals surface area (Å²) in [6.45, 7) is 3.67. The van der Waals surface area contributed by atoms with E-state index >= 15 is 0 Å². The normalized spacial score (nSPS) is 14.3. The fraction of sp³-hybridized carbons (Fsp3) is 0.214. The molecular formula is C28H26N4O3S. The summed E-state index contributed by atoms with van der Waals surface area (Å²) in [7, 11) is 0. The second-order valence-electron chi connectivity index (χ2n) is 8.31. The molecule has 0 fully saturated rings. The van der Waals surface area contributed by atoms with Gasteiger partial charge in [0.1, 0.15) is 11.5 Å². The molecule has 8 heteroatoms. The smallest absolute Gasteiger partial charge is 0.247 e. The molecule has 0 radical (unpaired) electrons. The molecular weight excluding hydrogens is 472 g/mol. The first-order valence-corrected chi connectivity index (χ1v) is 12.9. The largest absolute Gasteiger partial charge is 0.457 e. The minimum absolute atomic E-state index is 0.167. The fourth-order valence-corrected chi connectivity index (χ4v) is 4.86. The van der Waals surface area contributed by atoms with Crippen molar-refractivity contribution < 1.29 is 14.3 Å². The van der Waals surface area contributed by atoms with Gasteiger partial charge in [0.05, 0.1) is 5.69 Å². The maximum Gasteiger partial charge on any atom is 0.247 e. The molecule has 0 saturated heterocycles. The predicted molar refractivity (Wildman–Crippen MR) is 140 cm³/mol. The van der Waals surface area contributed by atoms with Crippen LogP contribution in [0.3, 0.4) is 0 Å². The van der Waals surface area contributed by atoms with E-state index in [9.17, 15) is 4.79 Å². The third-order valence-electron chi connectivity index (χ3n) is 5.70. The van der Waals surface area contributed by atoms with Crippen molar-refractivity contribution in [3.8, 4) is 28.6 Å². The average molecular weight is 499 g/mol. The van der Waals surface area contributed by atoms with Crippen molar-refractivity contribution in [1.82, 2.24) is 15.2 Å². The maximum absolute atomic E-state index is 13.0. The lowest BCUT2D eigenvalue weighted by atomic mass is 10.1. The highest BCUT2D eigenvalue weighted by atomic mass is 32.2. The molecule has 1 aromatic heterocycles. The Morgan fingerprint density at radius 3 is 2.58 bits per heavy atom. The maximum atomic E-state index is 13.0. The Labute approximate surface area is 214 Å². The molecule has 5 rings (SSSR count). The van der Waals surface area contributed by atoms with Gasteiger partial charge in [0, 0.05) is 23.8 Å². The Kier molecular flexibility index (Phi) is 7.13. The van der Waals surface area contributed by atoms with Gasteiger partial charge in [-0.1, -0.05) is 73.6 Å². The molecule has 36 heavy (non-hydrogen) atoms. The quantitative estimate of drug-likeness (QED) is 0.208. The average Bonchev–Trinajstić information content (AvgIpc) is 3.04. The molecule has 182 valence electrons. The number of rotatable bonds is 7. The van der Waals surface area contributed by atoms with Crippen LogP contribution in [0.4, 0.5) is 5.69 Å². The zero-order chi connectivity index (χ0) is 24.9. The predicted octanol–water partition coefficient (Wildman–Crippen LogP) is 6.67. The topological polar surface area (TPSA) is 77.4 Å². The van der Waals surface area contributed by atoms with Gasteiger partial charge in [0.2, 0.25) is 23.2 Å². The van der Waals surface area contributed by atoms with Gasteiger partial charge in [-0.05, 0) is 36.8 Å². The van der Waals surface area contributed by atoms with Crippen LogP contribution in [-0.4, -0.2) is 26.8 Å². The van der Waals surface area contributed by atoms with E-state index in [1.165, 1.54) is 6.92 Å². The molecule has 2 heterocycles. The minimum Gasteiger partial charge on any atom is -0.457 e. The van der Waals surface area contributed by atoms with E-state index in [4.69, 9.17) is 14.5 Å². The van der Waals surface area contributed by atoms with Crippen molar-refractivity contribution in [1.29, 1.82) is 0 Å². The number of ether oxygens (including phenoxy) is 2. The highest BCUT2D eigenvalue weighted by Crippen LogP contribution is 2.43. The van der Waals surface area contributed by atoms with Crippen molar-refractivity contribution >= 4 is 23.4 Å². The zero-order valence-corrected chi connectivity index (χ0v) is 20.9. The van der Waals surface area contributed by atoms with Gasteiger partial charge < -0.3 is 9.47 Å². The Morgan fingerprint density at radius 1 is 1.00 bits per heavy atom. The van der Waals surface area contributed by atoms with Gasteiger partial charge in [0.15, 0.2) is 5.69 Å². The summed E-state index contributed by atoms with van der Waals surface area (Å²) in [4.78, 5) is 19.4. The van der Waals surface area contributed by atoms with E-state index in [-0.39, 0.29) is 5.91 Å². The van der Waals surface area contributed by atoms with Crippen molar-refractivity contribution in [3.63, 3.8) is 0 Å². The first-order valence-electron chi connectivity index (χ1n) is 11.9. The summed E-state index contributed by atoms with van der Waals surface area (Å²) in [5.74, 6) is 2.44. The Bertz CT molecular complexity index is 1370. The van der Waals surface area contributed by atoms with Crippen LogP contribution in [0.5, 0.6) is 17.4 Å². The number of thioether (sulfide) groups is 1. The van der Waals surface area contributed by atoms with Gasteiger partial charge in [0.25, 0.3) is 0 Å². The molecule has 7 nitrogen and oxygen atoms in total. The van der Waals surface area contributed by atoms with Gasteiger partial charge in [-0.2, -0.15) is 4.98 Å². The lowest BCUT2D eigenvalue weighted by Gasteiger charge is -2.30. The van der Waals surface area contributed by atoms with Crippen LogP contribution in [-0.2, 0) is 4.79 Å². The summed E-state index contributed by atoms with van der Waals surface area (Å²) >= 11 is 1.55. The van der Waals surface area contributed by atoms with E-state index < -0.39 is 6.23 Å². The number of amides is 1. The monoisotopic (exact) mass is 498 g/mol. The Balaban J connectivity index is 1.58. The van der Waals surface area contributed by atoms with Crippen LogP contribution in [0.15, 0.2) is 84.0 Å². The lowest BCUT2D eigenvalue weighted by molar-refractivity contribution is -0.118. The SMILES string of the molecule is CCCCSc1nnc2c(n1)O[C@@H](c1cccc(Oc3ccccc3)c1)N(C(C)=O)c1ccccc1-2. The molecule has 0 N–H and O–H groups in total. The molecule has 4 aromatic rings. The summed E-state index contributed by atoms with van der Waals surface area (Å²) < 4.78 is 12.5. The summed E-state index contributed by atoms with van der Waals surface area (Å²) in [5.41, 5.74) is 2.69. The van der Waals surface area contributed by atoms with Crippen LogP contribution in [0.2, 0.25) is 0 Å². The molecule has 1 amide bonds. The minimum atomic E-state index is -0.769. The number of unbranched alkanes of at least 4 members (excludes halogenated alkanes) is 1. The molecule has 0 unspecified atom stereocenters. The summed E-state index contributed by atoms with van der Waals surface area (Å²) in [6.07, 6.45) is 1.38. The number of carbonyl (C=O) groups excluding carboxylic acids is 1. The van der Waals surface area contributed by atoms with E-state index in [0.717, 1.165) is 35.5 Å². The molecule has 1 aliphatic heterocycles. The molecule has 1 aliphatic rings. The van der Waals surface area contributed by atoms with E-state index in [1.807, 2.05) is 78.9 Å². The Morgan fingerprint density at radius 2 is 1.78 bits per heavy atom. The fourth-order valence-electron chi connectivity index (χ4n) is 3.99. The van der Waals surface area contributed by atoms with Gasteiger partial charge >= 0.3 is 0 Å². The van der Waals surface area contributed by atoms with E-state index in [1.54, 1.807) is 16.7 Å². The number of hydrogen-bond donors (Lipinski definition) is 0. The van der Waals surface area contributed by atoms with Crippen LogP contribution >= 0.6 is 11.8 Å². The van der Waals surface area contributed by atoms with Crippen LogP contribution < -0.4 is 14.4 Å². The number of benzene rings is 3. The summed E-state index contributed by atoms with van der Waals surface area (Å²) in [6, 6.07) is 24.7. The van der Waals surface area contributed by atoms with Crippen molar-refractivity contribution in [2.24, 2.45) is 0 Å². The zero-order valence-electron chi connectivity index (χ0n) is 20.1. The second-order valence-corrected chi connectivity index (χ2v) is 9.38. The van der Waals surface area contributed by atoms with Gasteiger partial charge in [-0.15, -0.1) is 10.2 Å². The molecule has 0 aliphatic carbocycles. The lowest BCUT2D eigenvalue weighted by Crippen LogP contribution is -2.36. The number of aromatic nitrogens is 3. The second kappa shape index (κ2) is 10.8. The molecule has 3 aromatic carbocycles. The first kappa shape index (κ1) is 23.8. The number of fused-ring (bicyclic) bond motifs is 3. The van der Waals surface area contributed by atoms with Crippen molar-refractivity contribution in [3.05, 3.63) is 84.4 Å². The third-order valence-corrected chi connectivity index (χ3v) is 6.63. The van der Waals surface area contributed by atoms with Crippen LogP contribution in [0.25, 0.3) is 11.3 Å². The molecule has 0 bridgehead atoms. The number of para-hydroxylation sites is 2. The summed E-state index contributed by atoms with van der Waals surface area (Å²) in [5, 5.41) is 9.36. The third kappa shape index (κ3) is 5.04. The number of carbonyl (C=O) groups is 1. The standard InChI is InChI=1S/C28H26N4O3S/c1-3-4-17-36-28-29-26-25(30-31-28)23-15-8-9-16-24(23)32(19(2)33)27(35-26)20-11-10-14-22(18-20)34-21-12-6-5-7-13-21/h5-16,18,27H,3-4,17H2,1-2H3/t27-/m0/s1. The van der Waals surface area contributed by atoms with E-state index in [2.05, 4.69) is 17.1 Å². The molecule has 0 saturated carbocycles. The highest BCUT2D eigenvalue weighted by molar-refractivity contribution is 7.99. The number of hydrogen-bond acceptors (Lipinski definition) is 7.